The van der Waals surface area contributed by atoms with Crippen molar-refractivity contribution < 1.29 is 28.9 Å². The molecule has 3 aromatic carbocycles. The number of aryl methyl sites for hydroxylation is 1. The monoisotopic (exact) mass is 556 g/mol. The molecule has 0 spiro atoms. The number of ether oxygens (including phenoxy) is 3. The fourth-order valence-corrected chi connectivity index (χ4v) is 5.37. The number of carbonyl (C=O) groups excluding carboxylic acids is 2. The van der Waals surface area contributed by atoms with Crippen LogP contribution in [0.2, 0.25) is 0 Å². The number of morpholine rings is 1. The van der Waals surface area contributed by atoms with Gasteiger partial charge in [-0.25, -0.2) is 0 Å². The van der Waals surface area contributed by atoms with Crippen LogP contribution < -0.4 is 9.47 Å². The highest BCUT2D eigenvalue weighted by atomic mass is 16.5. The first kappa shape index (κ1) is 28.4. The molecule has 2 aliphatic rings. The number of likely N-dealkylation sites (tertiary alicyclic amines) is 1. The smallest absolute Gasteiger partial charge is 0.295 e. The number of methoxy groups -OCH3 is 1. The number of nitrogens with zero attached hydrogens (tertiary/aromatic N) is 2. The molecule has 214 valence electrons. The number of rotatable bonds is 10. The summed E-state index contributed by atoms with van der Waals surface area (Å²) < 4.78 is 16.7. The molecule has 1 N–H and O–H groups in total. The summed E-state index contributed by atoms with van der Waals surface area (Å²) in [6.07, 6.45) is 0.701. The second-order valence-electron chi connectivity index (χ2n) is 10.4. The largest absolute Gasteiger partial charge is 0.507 e. The number of hydrogen-bond donors (Lipinski definition) is 1. The Bertz CT molecular complexity index is 1390. The van der Waals surface area contributed by atoms with E-state index in [4.69, 9.17) is 14.2 Å². The van der Waals surface area contributed by atoms with Crippen molar-refractivity contribution >= 4 is 17.4 Å². The molecule has 1 amide bonds. The lowest BCUT2D eigenvalue weighted by atomic mass is 9.95. The molecule has 0 aromatic heterocycles. The van der Waals surface area contributed by atoms with Crippen molar-refractivity contribution in [3.05, 3.63) is 101 Å². The quantitative estimate of drug-likeness (QED) is 0.220. The van der Waals surface area contributed by atoms with Gasteiger partial charge in [0.15, 0.2) is 0 Å². The van der Waals surface area contributed by atoms with Crippen LogP contribution in [0.25, 0.3) is 5.76 Å². The molecule has 0 bridgehead atoms. The summed E-state index contributed by atoms with van der Waals surface area (Å²) in [5.41, 5.74) is 3.48. The Hall–Kier alpha value is -4.14. The van der Waals surface area contributed by atoms with Gasteiger partial charge in [0.25, 0.3) is 11.7 Å². The third-order valence-corrected chi connectivity index (χ3v) is 7.56. The molecule has 2 heterocycles. The first-order valence-electron chi connectivity index (χ1n) is 14.0. The molecule has 1 atom stereocenters. The van der Waals surface area contributed by atoms with Gasteiger partial charge >= 0.3 is 0 Å². The van der Waals surface area contributed by atoms with Crippen molar-refractivity contribution in [3.63, 3.8) is 0 Å². The molecule has 2 fully saturated rings. The molecule has 8 heteroatoms. The Morgan fingerprint density at radius 1 is 0.951 bits per heavy atom. The van der Waals surface area contributed by atoms with Gasteiger partial charge in [-0.3, -0.25) is 14.5 Å². The van der Waals surface area contributed by atoms with Gasteiger partial charge in [0, 0.05) is 31.7 Å². The fourth-order valence-electron chi connectivity index (χ4n) is 5.37. The molecule has 0 radical (unpaired) electrons. The minimum atomic E-state index is -0.706. The van der Waals surface area contributed by atoms with Crippen molar-refractivity contribution in [2.45, 2.75) is 26.0 Å². The zero-order chi connectivity index (χ0) is 28.8. The summed E-state index contributed by atoms with van der Waals surface area (Å²) in [6, 6.07) is 21.6. The van der Waals surface area contributed by atoms with Gasteiger partial charge in [-0.05, 0) is 60.9 Å². The lowest BCUT2D eigenvalue weighted by Crippen LogP contribution is -2.38. The molecule has 41 heavy (non-hydrogen) atoms. The zero-order valence-corrected chi connectivity index (χ0v) is 23.5. The summed E-state index contributed by atoms with van der Waals surface area (Å²) in [5, 5.41) is 11.4. The Kier molecular flexibility index (Phi) is 9.01. The number of ketones is 1. The van der Waals surface area contributed by atoms with Crippen LogP contribution in [0.3, 0.4) is 0 Å². The van der Waals surface area contributed by atoms with Crippen molar-refractivity contribution in [1.82, 2.24) is 9.80 Å². The van der Waals surface area contributed by atoms with Crippen LogP contribution in [0.1, 0.15) is 34.7 Å². The Morgan fingerprint density at radius 2 is 1.66 bits per heavy atom. The van der Waals surface area contributed by atoms with Gasteiger partial charge in [0.1, 0.15) is 23.9 Å². The molecule has 2 aliphatic heterocycles. The van der Waals surface area contributed by atoms with Crippen molar-refractivity contribution in [3.8, 4) is 11.5 Å². The molecule has 8 nitrogen and oxygen atoms in total. The number of benzene rings is 3. The molecule has 5 rings (SSSR count). The molecule has 2 saturated heterocycles. The maximum absolute atomic E-state index is 13.4. The van der Waals surface area contributed by atoms with Gasteiger partial charge in [0.2, 0.25) is 0 Å². The van der Waals surface area contributed by atoms with Crippen molar-refractivity contribution in [2.75, 3.05) is 46.5 Å². The summed E-state index contributed by atoms with van der Waals surface area (Å²) in [6.45, 7) is 6.75. The first-order valence-corrected chi connectivity index (χ1v) is 14.0. The maximum atomic E-state index is 13.4. The van der Waals surface area contributed by atoms with E-state index in [1.54, 1.807) is 48.4 Å². The van der Waals surface area contributed by atoms with Gasteiger partial charge in [-0.2, -0.15) is 0 Å². The van der Waals surface area contributed by atoms with E-state index in [1.165, 1.54) is 0 Å². The maximum Gasteiger partial charge on any atom is 0.295 e. The minimum absolute atomic E-state index is 0.0833. The van der Waals surface area contributed by atoms with Crippen LogP contribution in [0.15, 0.2) is 78.4 Å². The lowest BCUT2D eigenvalue weighted by molar-refractivity contribution is -0.140. The fraction of sp³-hybridized carbons (Fsp3) is 0.333. The number of hydrogen-bond acceptors (Lipinski definition) is 7. The van der Waals surface area contributed by atoms with Crippen LogP contribution in [-0.4, -0.2) is 73.1 Å². The van der Waals surface area contributed by atoms with E-state index in [0.717, 1.165) is 36.3 Å². The van der Waals surface area contributed by atoms with Crippen LogP contribution in [0.5, 0.6) is 11.5 Å². The van der Waals surface area contributed by atoms with E-state index in [0.29, 0.717) is 49.8 Å². The highest BCUT2D eigenvalue weighted by molar-refractivity contribution is 6.46. The second kappa shape index (κ2) is 13.0. The molecule has 0 saturated carbocycles. The summed E-state index contributed by atoms with van der Waals surface area (Å²) in [4.78, 5) is 30.5. The van der Waals surface area contributed by atoms with Crippen LogP contribution in [0, 0.1) is 6.92 Å². The minimum Gasteiger partial charge on any atom is -0.507 e. The number of carbonyl (C=O) groups is 2. The molecule has 0 unspecified atom stereocenters. The van der Waals surface area contributed by atoms with Crippen molar-refractivity contribution in [1.29, 1.82) is 0 Å². The summed E-state index contributed by atoms with van der Waals surface area (Å²) >= 11 is 0. The topological polar surface area (TPSA) is 88.5 Å². The SMILES string of the molecule is COc1ccc([C@@H]2/C(=C(\O)c3ccc(OCc4cccc(C)c4)cc3)C(=O)C(=O)N2CCCN2CCOCC2)cc1. The third-order valence-electron chi connectivity index (χ3n) is 7.56. The van der Waals surface area contributed by atoms with E-state index >= 15 is 0 Å². The molecule has 3 aromatic rings. The number of aliphatic hydroxyl groups is 1. The van der Waals surface area contributed by atoms with E-state index in [9.17, 15) is 14.7 Å². The normalized spacial score (nSPS) is 19.0. The van der Waals surface area contributed by atoms with E-state index in [-0.39, 0.29) is 11.3 Å². The number of Topliss-reactive ketones (excluding diaryl/α,β-unsaturated/α-hetero) is 1. The first-order chi connectivity index (χ1) is 19.9. The van der Waals surface area contributed by atoms with E-state index in [1.807, 2.05) is 37.3 Å². The Labute approximate surface area is 240 Å². The van der Waals surface area contributed by atoms with Crippen molar-refractivity contribution in [2.24, 2.45) is 0 Å². The van der Waals surface area contributed by atoms with Gasteiger partial charge in [0.05, 0.1) is 31.9 Å². The summed E-state index contributed by atoms with van der Waals surface area (Å²) in [7, 11) is 1.58. The van der Waals surface area contributed by atoms with E-state index in [2.05, 4.69) is 11.0 Å². The summed E-state index contributed by atoms with van der Waals surface area (Å²) in [5.74, 6) is -0.190. The number of amides is 1. The zero-order valence-electron chi connectivity index (χ0n) is 23.5. The predicted octanol–water partition coefficient (Wildman–Crippen LogP) is 4.73. The molecular weight excluding hydrogens is 520 g/mol. The standard InChI is InChI=1S/C33H36N2O6/c1-23-5-3-6-24(21-23)22-41-28-13-9-26(10-14-28)31(36)29-30(25-7-11-27(39-2)12-8-25)35(33(38)32(29)37)16-4-15-34-17-19-40-20-18-34/h3,5-14,21,30,36H,4,15-20,22H2,1-2H3/b31-29+/t30-/m1/s1. The highest BCUT2D eigenvalue weighted by Crippen LogP contribution is 2.40. The average molecular weight is 557 g/mol. The van der Waals surface area contributed by atoms with E-state index < -0.39 is 17.7 Å². The molecule has 0 aliphatic carbocycles. The Balaban J connectivity index is 1.39. The molecular formula is C33H36N2O6. The van der Waals surface area contributed by atoms with Gasteiger partial charge in [-0.1, -0.05) is 42.0 Å². The predicted molar refractivity (Wildman–Crippen MR) is 156 cm³/mol. The van der Waals surface area contributed by atoms with Crippen LogP contribution in [-0.2, 0) is 20.9 Å². The highest BCUT2D eigenvalue weighted by Gasteiger charge is 2.45. The van der Waals surface area contributed by atoms with Crippen LogP contribution in [0.4, 0.5) is 0 Å². The average Bonchev–Trinajstić information content (AvgIpc) is 3.25. The van der Waals surface area contributed by atoms with Crippen LogP contribution >= 0.6 is 0 Å². The lowest BCUT2D eigenvalue weighted by Gasteiger charge is -2.29. The van der Waals surface area contributed by atoms with Gasteiger partial charge < -0.3 is 24.2 Å². The second-order valence-corrected chi connectivity index (χ2v) is 10.4. The third kappa shape index (κ3) is 6.61. The number of aliphatic hydroxyl groups excluding tert-OH is 1. The Morgan fingerprint density at radius 3 is 2.34 bits per heavy atom. The van der Waals surface area contributed by atoms with Gasteiger partial charge in [-0.15, -0.1) is 0 Å².